The summed E-state index contributed by atoms with van der Waals surface area (Å²) < 4.78 is 0. The van der Waals surface area contributed by atoms with Gasteiger partial charge in [0.1, 0.15) is 0 Å². The van der Waals surface area contributed by atoms with E-state index in [4.69, 9.17) is 10.5 Å². The molecule has 0 atom stereocenters. The van der Waals surface area contributed by atoms with Gasteiger partial charge in [0.05, 0.1) is 25.0 Å². The van der Waals surface area contributed by atoms with Crippen LogP contribution in [-0.4, -0.2) is 23.9 Å². The monoisotopic (exact) mass is 269 g/mol. The van der Waals surface area contributed by atoms with E-state index in [1.54, 1.807) is 4.90 Å². The summed E-state index contributed by atoms with van der Waals surface area (Å²) in [6.45, 7) is 2.84. The van der Waals surface area contributed by atoms with Gasteiger partial charge in [-0.2, -0.15) is 10.5 Å². The average Bonchev–Trinajstić information content (AvgIpc) is 2.45. The molecular formula is C16H19N3O. The Hall–Kier alpha value is -2.33. The highest BCUT2D eigenvalue weighted by Crippen LogP contribution is 2.08. The topological polar surface area (TPSA) is 67.9 Å². The molecule has 20 heavy (non-hydrogen) atoms. The second-order valence-corrected chi connectivity index (χ2v) is 4.69. The van der Waals surface area contributed by atoms with Gasteiger partial charge in [-0.25, -0.2) is 0 Å². The summed E-state index contributed by atoms with van der Waals surface area (Å²) in [5.74, 6) is 0.0111. The van der Waals surface area contributed by atoms with Crippen LogP contribution in [0.5, 0.6) is 0 Å². The fourth-order valence-corrected chi connectivity index (χ4v) is 2.01. The molecule has 1 aromatic carbocycles. The average molecular weight is 269 g/mol. The fourth-order valence-electron chi connectivity index (χ4n) is 2.01. The Kier molecular flexibility index (Phi) is 6.85. The van der Waals surface area contributed by atoms with E-state index in [1.807, 2.05) is 37.3 Å². The van der Waals surface area contributed by atoms with Crippen molar-refractivity contribution in [1.29, 1.82) is 10.5 Å². The van der Waals surface area contributed by atoms with Crippen LogP contribution in [0.3, 0.4) is 0 Å². The molecule has 0 spiro atoms. The number of rotatable bonds is 7. The standard InChI is InChI=1S/C16H19N3O/c1-14-5-2-6-15(13-14)7-8-16(20)19(11-3-9-17)12-4-10-18/h2,5-6,13H,3-4,7-8,11-12H2,1H3. The summed E-state index contributed by atoms with van der Waals surface area (Å²) in [6, 6.07) is 12.2. The second kappa shape index (κ2) is 8.72. The van der Waals surface area contributed by atoms with E-state index in [1.165, 1.54) is 5.56 Å². The molecule has 0 fully saturated rings. The number of aryl methyl sites for hydroxylation is 2. The normalized spacial score (nSPS) is 9.55. The van der Waals surface area contributed by atoms with Gasteiger partial charge in [0.2, 0.25) is 5.91 Å². The Morgan fingerprint density at radius 2 is 1.85 bits per heavy atom. The highest BCUT2D eigenvalue weighted by atomic mass is 16.2. The molecule has 0 heterocycles. The number of benzene rings is 1. The molecule has 0 saturated carbocycles. The largest absolute Gasteiger partial charge is 0.341 e. The van der Waals surface area contributed by atoms with Crippen molar-refractivity contribution in [2.75, 3.05) is 13.1 Å². The van der Waals surface area contributed by atoms with Crippen molar-refractivity contribution in [3.05, 3.63) is 35.4 Å². The summed E-state index contributed by atoms with van der Waals surface area (Å²) in [7, 11) is 0. The fraction of sp³-hybridized carbons (Fsp3) is 0.438. The van der Waals surface area contributed by atoms with Crippen molar-refractivity contribution in [3.63, 3.8) is 0 Å². The van der Waals surface area contributed by atoms with E-state index in [0.717, 1.165) is 5.56 Å². The number of nitrogens with zero attached hydrogens (tertiary/aromatic N) is 3. The van der Waals surface area contributed by atoms with Crippen LogP contribution in [0.2, 0.25) is 0 Å². The summed E-state index contributed by atoms with van der Waals surface area (Å²) in [5, 5.41) is 17.2. The van der Waals surface area contributed by atoms with Crippen molar-refractivity contribution in [2.45, 2.75) is 32.6 Å². The van der Waals surface area contributed by atoms with Gasteiger partial charge in [0.25, 0.3) is 0 Å². The number of hydrogen-bond acceptors (Lipinski definition) is 3. The third-order valence-corrected chi connectivity index (χ3v) is 3.05. The first kappa shape index (κ1) is 15.7. The number of amides is 1. The first-order valence-corrected chi connectivity index (χ1v) is 6.74. The molecule has 0 saturated heterocycles. The Morgan fingerprint density at radius 1 is 1.20 bits per heavy atom. The van der Waals surface area contributed by atoms with Gasteiger partial charge in [0.15, 0.2) is 0 Å². The van der Waals surface area contributed by atoms with E-state index in [9.17, 15) is 4.79 Å². The zero-order chi connectivity index (χ0) is 14.8. The Bertz CT molecular complexity index is 507. The molecule has 0 radical (unpaired) electrons. The van der Waals surface area contributed by atoms with E-state index >= 15 is 0 Å². The maximum Gasteiger partial charge on any atom is 0.222 e. The van der Waals surface area contributed by atoms with Crippen LogP contribution in [0.4, 0.5) is 0 Å². The first-order chi connectivity index (χ1) is 9.67. The SMILES string of the molecule is Cc1cccc(CCC(=O)N(CCC#N)CCC#N)c1. The summed E-state index contributed by atoms with van der Waals surface area (Å²) in [6.07, 6.45) is 1.72. The van der Waals surface area contributed by atoms with Crippen LogP contribution in [0.25, 0.3) is 0 Å². The smallest absolute Gasteiger partial charge is 0.222 e. The van der Waals surface area contributed by atoms with E-state index < -0.39 is 0 Å². The third kappa shape index (κ3) is 5.54. The highest BCUT2D eigenvalue weighted by molar-refractivity contribution is 5.76. The van der Waals surface area contributed by atoms with Crippen LogP contribution in [0.15, 0.2) is 24.3 Å². The lowest BCUT2D eigenvalue weighted by Crippen LogP contribution is -2.32. The Morgan fingerprint density at radius 3 is 2.40 bits per heavy atom. The van der Waals surface area contributed by atoms with Crippen molar-refractivity contribution < 1.29 is 4.79 Å². The maximum absolute atomic E-state index is 12.1. The quantitative estimate of drug-likeness (QED) is 0.764. The van der Waals surface area contributed by atoms with Gasteiger partial charge >= 0.3 is 0 Å². The van der Waals surface area contributed by atoms with Gasteiger partial charge in [-0.15, -0.1) is 0 Å². The zero-order valence-electron chi connectivity index (χ0n) is 11.8. The predicted molar refractivity (Wildman–Crippen MR) is 76.5 cm³/mol. The molecule has 104 valence electrons. The molecule has 0 aromatic heterocycles. The molecule has 0 aliphatic carbocycles. The van der Waals surface area contributed by atoms with Gasteiger partial charge in [-0.05, 0) is 18.9 Å². The first-order valence-electron chi connectivity index (χ1n) is 6.74. The highest BCUT2D eigenvalue weighted by Gasteiger charge is 2.12. The molecule has 1 aromatic rings. The predicted octanol–water partition coefficient (Wildman–Crippen LogP) is 2.58. The third-order valence-electron chi connectivity index (χ3n) is 3.05. The molecule has 0 bridgehead atoms. The van der Waals surface area contributed by atoms with Gasteiger partial charge in [-0.3, -0.25) is 4.79 Å². The van der Waals surface area contributed by atoms with Crippen LogP contribution in [-0.2, 0) is 11.2 Å². The van der Waals surface area contributed by atoms with Gasteiger partial charge in [0, 0.05) is 19.5 Å². The van der Waals surface area contributed by atoms with Gasteiger partial charge in [-0.1, -0.05) is 29.8 Å². The van der Waals surface area contributed by atoms with E-state index in [0.29, 0.717) is 38.8 Å². The van der Waals surface area contributed by atoms with Crippen LogP contribution < -0.4 is 0 Å². The minimum Gasteiger partial charge on any atom is -0.341 e. The Balaban J connectivity index is 2.53. The number of carbonyl (C=O) groups is 1. The van der Waals surface area contributed by atoms with E-state index in [2.05, 4.69) is 6.07 Å². The molecule has 1 amide bonds. The molecule has 0 aliphatic heterocycles. The van der Waals surface area contributed by atoms with Gasteiger partial charge < -0.3 is 4.90 Å². The lowest BCUT2D eigenvalue weighted by molar-refractivity contribution is -0.131. The van der Waals surface area contributed by atoms with E-state index in [-0.39, 0.29) is 5.91 Å². The lowest BCUT2D eigenvalue weighted by Gasteiger charge is -2.20. The van der Waals surface area contributed by atoms with Crippen molar-refractivity contribution in [2.24, 2.45) is 0 Å². The molecule has 4 nitrogen and oxygen atoms in total. The minimum absolute atomic E-state index is 0.0111. The summed E-state index contributed by atoms with van der Waals surface area (Å²) >= 11 is 0. The maximum atomic E-state index is 12.1. The second-order valence-electron chi connectivity index (χ2n) is 4.69. The van der Waals surface area contributed by atoms with Crippen molar-refractivity contribution in [3.8, 4) is 12.1 Å². The van der Waals surface area contributed by atoms with Crippen LogP contribution in [0, 0.1) is 29.6 Å². The van der Waals surface area contributed by atoms with Crippen molar-refractivity contribution in [1.82, 2.24) is 4.90 Å². The lowest BCUT2D eigenvalue weighted by atomic mass is 10.1. The molecule has 0 aliphatic rings. The van der Waals surface area contributed by atoms with Crippen LogP contribution >= 0.6 is 0 Å². The molecule has 1 rings (SSSR count). The number of nitriles is 2. The number of hydrogen-bond donors (Lipinski definition) is 0. The van der Waals surface area contributed by atoms with Crippen LogP contribution in [0.1, 0.15) is 30.4 Å². The summed E-state index contributed by atoms with van der Waals surface area (Å²) in [5.41, 5.74) is 2.32. The molecule has 0 unspecified atom stereocenters. The zero-order valence-corrected chi connectivity index (χ0v) is 11.8. The Labute approximate surface area is 120 Å². The minimum atomic E-state index is 0.0111. The molecule has 4 heteroatoms. The number of carbonyl (C=O) groups excluding carboxylic acids is 1. The molecular weight excluding hydrogens is 250 g/mol. The molecule has 0 N–H and O–H groups in total. The summed E-state index contributed by atoms with van der Waals surface area (Å²) in [4.78, 5) is 13.7. The van der Waals surface area contributed by atoms with Crippen molar-refractivity contribution >= 4 is 5.91 Å².